The average Bonchev–Trinajstić information content (AvgIpc) is 3.67. The number of rotatable bonds is 2. The van der Waals surface area contributed by atoms with Crippen LogP contribution in [0.25, 0.3) is 32.6 Å². The summed E-state index contributed by atoms with van der Waals surface area (Å²) in [5.41, 5.74) is 0.496. The number of thiophene rings is 2. The normalized spacial score (nSPS) is 14.7. The number of ketones is 4. The summed E-state index contributed by atoms with van der Waals surface area (Å²) in [6.07, 6.45) is 2.80. The Labute approximate surface area is 229 Å². The molecule has 0 radical (unpaired) electrons. The molecule has 7 rings (SSSR count). The van der Waals surface area contributed by atoms with Crippen molar-refractivity contribution >= 4 is 78.4 Å². The van der Waals surface area contributed by atoms with Gasteiger partial charge in [0.2, 0.25) is 0 Å². The topological polar surface area (TPSA) is 73.2 Å². The van der Waals surface area contributed by atoms with E-state index in [0.717, 1.165) is 44.7 Å². The molecule has 2 aliphatic carbocycles. The second-order valence-electron chi connectivity index (χ2n) is 9.34. The van der Waals surface area contributed by atoms with Crippen molar-refractivity contribution in [2.75, 3.05) is 0 Å². The molecule has 40 heavy (non-hydrogen) atoms. The molecule has 5 nitrogen and oxygen atoms in total. The molecule has 11 heteroatoms. The summed E-state index contributed by atoms with van der Waals surface area (Å²) in [7, 11) is 1.80. The van der Waals surface area contributed by atoms with Crippen molar-refractivity contribution in [3.63, 3.8) is 0 Å². The molecule has 0 atom stereocenters. The summed E-state index contributed by atoms with van der Waals surface area (Å²) < 4.78 is 58.2. The van der Waals surface area contributed by atoms with Crippen molar-refractivity contribution in [2.45, 2.75) is 0 Å². The first kappa shape index (κ1) is 24.6. The van der Waals surface area contributed by atoms with E-state index in [1.807, 2.05) is 4.57 Å². The zero-order chi connectivity index (χ0) is 28.2. The average molecular weight is 578 g/mol. The van der Waals surface area contributed by atoms with Crippen molar-refractivity contribution in [2.24, 2.45) is 7.05 Å². The van der Waals surface area contributed by atoms with E-state index < -0.39 is 46.4 Å². The molecular formula is C29H11F4NO4S2. The molecule has 0 saturated heterocycles. The number of benzene rings is 2. The van der Waals surface area contributed by atoms with E-state index in [9.17, 15) is 36.7 Å². The maximum absolute atomic E-state index is 13.7. The highest BCUT2D eigenvalue weighted by molar-refractivity contribution is 7.28. The fraction of sp³-hybridized carbons (Fsp3) is 0.0345. The smallest absolute Gasteiger partial charge is 0.197 e. The quantitative estimate of drug-likeness (QED) is 0.130. The predicted octanol–water partition coefficient (Wildman–Crippen LogP) is 6.94. The third-order valence-electron chi connectivity index (χ3n) is 7.04. The lowest BCUT2D eigenvalue weighted by molar-refractivity contribution is 0.0975. The fourth-order valence-electron chi connectivity index (χ4n) is 5.07. The molecule has 2 aromatic carbocycles. The minimum absolute atomic E-state index is 0.182. The lowest BCUT2D eigenvalue weighted by Gasteiger charge is -1.96. The number of carbonyl (C=O) groups excluding carboxylic acids is 4. The first-order valence-corrected chi connectivity index (χ1v) is 13.3. The molecule has 3 heterocycles. The van der Waals surface area contributed by atoms with E-state index in [-0.39, 0.29) is 33.4 Å². The molecule has 0 N–H and O–H groups in total. The maximum Gasteiger partial charge on any atom is 0.197 e. The molecular weight excluding hydrogens is 566 g/mol. The van der Waals surface area contributed by atoms with Gasteiger partial charge in [-0.1, -0.05) is 0 Å². The predicted molar refractivity (Wildman–Crippen MR) is 142 cm³/mol. The Morgan fingerprint density at radius 3 is 1.15 bits per heavy atom. The van der Waals surface area contributed by atoms with Crippen molar-refractivity contribution in [1.29, 1.82) is 0 Å². The largest absolute Gasteiger partial charge is 0.342 e. The summed E-state index contributed by atoms with van der Waals surface area (Å²) >= 11 is 2.59. The lowest BCUT2D eigenvalue weighted by atomic mass is 10.1. The number of aromatic nitrogens is 1. The van der Waals surface area contributed by atoms with Gasteiger partial charge >= 0.3 is 0 Å². The van der Waals surface area contributed by atoms with Gasteiger partial charge in [0.25, 0.3) is 0 Å². The number of hydrogen-bond acceptors (Lipinski definition) is 6. The summed E-state index contributed by atoms with van der Waals surface area (Å²) in [5.74, 6) is -7.57. The summed E-state index contributed by atoms with van der Waals surface area (Å²) in [4.78, 5) is 52.2. The SMILES string of the molecule is Cn1c2cc(C=C3C(=O)c4cc(F)c(F)cc4C3=O)sc2c2sc(C=C3C(=O)c4cc(F)c(F)cc4C3=O)cc21. The van der Waals surface area contributed by atoms with Crippen LogP contribution < -0.4 is 0 Å². The Bertz CT molecular complexity index is 1910. The molecule has 0 bridgehead atoms. The van der Waals surface area contributed by atoms with E-state index in [4.69, 9.17) is 0 Å². The third-order valence-corrected chi connectivity index (χ3v) is 9.35. The Balaban J connectivity index is 1.27. The monoisotopic (exact) mass is 577 g/mol. The van der Waals surface area contributed by atoms with Gasteiger partial charge in [0.15, 0.2) is 46.4 Å². The van der Waals surface area contributed by atoms with Gasteiger partial charge in [-0.05, 0) is 48.6 Å². The van der Waals surface area contributed by atoms with Gasteiger partial charge in [-0.25, -0.2) is 17.6 Å². The van der Waals surface area contributed by atoms with Crippen molar-refractivity contribution in [1.82, 2.24) is 4.57 Å². The number of halogens is 4. The molecule has 3 aromatic heterocycles. The zero-order valence-electron chi connectivity index (χ0n) is 20.0. The van der Waals surface area contributed by atoms with E-state index in [0.29, 0.717) is 9.75 Å². The molecule has 0 fully saturated rings. The zero-order valence-corrected chi connectivity index (χ0v) is 21.7. The van der Waals surface area contributed by atoms with Crippen molar-refractivity contribution in [3.8, 4) is 0 Å². The van der Waals surface area contributed by atoms with Crippen LogP contribution in [-0.2, 0) is 7.05 Å². The minimum Gasteiger partial charge on any atom is -0.342 e. The van der Waals surface area contributed by atoms with Crippen LogP contribution in [-0.4, -0.2) is 27.7 Å². The van der Waals surface area contributed by atoms with Gasteiger partial charge in [-0.2, -0.15) is 0 Å². The van der Waals surface area contributed by atoms with Crippen LogP contribution in [0.5, 0.6) is 0 Å². The van der Waals surface area contributed by atoms with Gasteiger partial charge in [-0.3, -0.25) is 19.2 Å². The molecule has 196 valence electrons. The van der Waals surface area contributed by atoms with Gasteiger partial charge in [0, 0.05) is 39.1 Å². The van der Waals surface area contributed by atoms with Crippen molar-refractivity contribution in [3.05, 3.63) is 103 Å². The molecule has 0 saturated carbocycles. The maximum atomic E-state index is 13.7. The Kier molecular flexibility index (Phi) is 5.07. The van der Waals surface area contributed by atoms with Crippen LogP contribution in [0.4, 0.5) is 17.6 Å². The Hall–Kier alpha value is -4.48. The second kappa shape index (κ2) is 8.26. The number of Topliss-reactive ketones (excluding diaryl/α,β-unsaturated/α-hetero) is 4. The van der Waals surface area contributed by atoms with E-state index in [1.165, 1.54) is 34.8 Å². The van der Waals surface area contributed by atoms with Gasteiger partial charge in [0.1, 0.15) is 0 Å². The highest BCUT2D eigenvalue weighted by atomic mass is 32.1. The molecule has 0 amide bonds. The summed E-state index contributed by atoms with van der Waals surface area (Å²) in [6.45, 7) is 0. The Morgan fingerprint density at radius 1 is 0.550 bits per heavy atom. The Morgan fingerprint density at radius 2 is 0.850 bits per heavy atom. The van der Waals surface area contributed by atoms with Gasteiger partial charge < -0.3 is 4.57 Å². The number of aryl methyl sites for hydroxylation is 1. The number of allylic oxidation sites excluding steroid dienone is 2. The van der Waals surface area contributed by atoms with E-state index in [2.05, 4.69) is 0 Å². The van der Waals surface area contributed by atoms with E-state index in [1.54, 1.807) is 19.2 Å². The van der Waals surface area contributed by atoms with E-state index >= 15 is 0 Å². The first-order valence-electron chi connectivity index (χ1n) is 11.7. The lowest BCUT2D eigenvalue weighted by Crippen LogP contribution is -1.99. The highest BCUT2D eigenvalue weighted by Crippen LogP contribution is 2.42. The molecule has 0 aliphatic heterocycles. The standard InChI is InChI=1S/C29H11F4NO4S2/c1-34-22-4-10(2-16-24(35)12-6-18(30)19(31)7-13(12)25(16)36)39-28(22)29-23(34)5-11(40-29)3-17-26(37)14-8-20(32)21(33)9-15(14)27(17)38/h2-9H,1H3. The van der Waals surface area contributed by atoms with Crippen molar-refractivity contribution < 1.29 is 36.7 Å². The van der Waals surface area contributed by atoms with Crippen LogP contribution in [0.2, 0.25) is 0 Å². The molecule has 5 aromatic rings. The third kappa shape index (κ3) is 3.31. The minimum atomic E-state index is -1.21. The number of nitrogens with zero attached hydrogens (tertiary/aromatic N) is 1. The summed E-state index contributed by atoms with van der Waals surface area (Å²) in [5, 5.41) is 0. The van der Waals surface area contributed by atoms with Crippen LogP contribution in [0.3, 0.4) is 0 Å². The number of fused-ring (bicyclic) bond motifs is 5. The van der Waals surface area contributed by atoms with Gasteiger partial charge in [-0.15, -0.1) is 22.7 Å². The van der Waals surface area contributed by atoms with Crippen LogP contribution in [0.1, 0.15) is 51.2 Å². The molecule has 0 unspecified atom stereocenters. The summed E-state index contributed by atoms with van der Waals surface area (Å²) in [6, 6.07) is 6.49. The molecule has 2 aliphatic rings. The highest BCUT2D eigenvalue weighted by Gasteiger charge is 2.36. The van der Waals surface area contributed by atoms with Gasteiger partial charge in [0.05, 0.1) is 31.6 Å². The second-order valence-corrected chi connectivity index (χ2v) is 11.5. The number of hydrogen-bond donors (Lipinski definition) is 0. The number of carbonyl (C=O) groups is 4. The fourth-order valence-corrected chi connectivity index (χ4v) is 7.49. The van der Waals surface area contributed by atoms with Crippen LogP contribution in [0.15, 0.2) is 47.5 Å². The first-order chi connectivity index (χ1) is 19.0. The molecule has 0 spiro atoms. The van der Waals surface area contributed by atoms with Crippen LogP contribution >= 0.6 is 22.7 Å². The van der Waals surface area contributed by atoms with Crippen LogP contribution in [0, 0.1) is 23.3 Å².